The van der Waals surface area contributed by atoms with Crippen LogP contribution in [0.25, 0.3) is 10.9 Å². The van der Waals surface area contributed by atoms with Gasteiger partial charge in [-0.1, -0.05) is 12.1 Å². The molecule has 6 N–H and O–H groups in total. The Labute approximate surface area is 143 Å². The molecule has 0 aliphatic carbocycles. The number of ether oxygens (including phenoxy) is 1. The number of furan rings is 1. The van der Waals surface area contributed by atoms with Crippen molar-refractivity contribution in [3.05, 3.63) is 53.6 Å². The number of rotatable bonds is 5. The van der Waals surface area contributed by atoms with Crippen LogP contribution in [0.4, 0.5) is 0 Å². The normalized spacial score (nSPS) is 11.7. The quantitative estimate of drug-likeness (QED) is 0.412. The fourth-order valence-electron chi connectivity index (χ4n) is 2.37. The van der Waals surface area contributed by atoms with Gasteiger partial charge < -0.3 is 25.6 Å². The van der Waals surface area contributed by atoms with E-state index in [1.807, 2.05) is 30.3 Å². The van der Waals surface area contributed by atoms with Crippen LogP contribution < -0.4 is 21.5 Å². The van der Waals surface area contributed by atoms with Gasteiger partial charge in [-0.05, 0) is 24.3 Å². The van der Waals surface area contributed by atoms with E-state index in [2.05, 4.69) is 15.3 Å². The number of hydrogen-bond acceptors (Lipinski definition) is 5. The van der Waals surface area contributed by atoms with Gasteiger partial charge in [0.05, 0.1) is 12.1 Å². The summed E-state index contributed by atoms with van der Waals surface area (Å²) in [5.41, 5.74) is 12.1. The number of hydrogen-bond donors (Lipinski definition) is 4. The summed E-state index contributed by atoms with van der Waals surface area (Å²) >= 11 is 0. The van der Waals surface area contributed by atoms with Crippen molar-refractivity contribution in [3.63, 3.8) is 0 Å². The van der Waals surface area contributed by atoms with E-state index >= 15 is 0 Å². The molecule has 2 aromatic heterocycles. The molecule has 3 aromatic rings. The minimum atomic E-state index is -0.371. The summed E-state index contributed by atoms with van der Waals surface area (Å²) in [7, 11) is 1.50. The first-order valence-electron chi connectivity index (χ1n) is 7.66. The van der Waals surface area contributed by atoms with Crippen molar-refractivity contribution in [1.82, 2.24) is 10.3 Å². The highest BCUT2D eigenvalue weighted by atomic mass is 16.5. The minimum absolute atomic E-state index is 0.0497. The number of nitrogens with two attached hydrogens (primary N) is 2. The van der Waals surface area contributed by atoms with Crippen molar-refractivity contribution in [2.45, 2.75) is 13.2 Å². The lowest BCUT2D eigenvalue weighted by Gasteiger charge is -2.05. The Kier molecular flexibility index (Phi) is 4.71. The molecule has 1 aromatic carbocycles. The number of para-hydroxylation sites is 1. The number of aliphatic imine (C=N–C) groups is 1. The molecular weight excluding hydrogens is 322 g/mol. The van der Waals surface area contributed by atoms with Gasteiger partial charge in [-0.3, -0.25) is 15.1 Å². The van der Waals surface area contributed by atoms with Gasteiger partial charge in [0.15, 0.2) is 5.96 Å². The molecule has 0 atom stereocenters. The molecular formula is C17H19N5O3. The summed E-state index contributed by atoms with van der Waals surface area (Å²) in [6, 6.07) is 10.9. The average Bonchev–Trinajstić information content (AvgIpc) is 3.26. The van der Waals surface area contributed by atoms with Crippen molar-refractivity contribution in [3.8, 4) is 5.75 Å². The van der Waals surface area contributed by atoms with Gasteiger partial charge in [-0.15, -0.1) is 0 Å². The lowest BCUT2D eigenvalue weighted by Crippen LogP contribution is -2.36. The number of fused-ring (bicyclic) bond motifs is 1. The van der Waals surface area contributed by atoms with Gasteiger partial charge in [-0.25, -0.2) is 0 Å². The number of H-pyrrole nitrogens is 1. The number of nitrogens with zero attached hydrogens (tertiary/aromatic N) is 1. The fraction of sp³-hybridized carbons (Fsp3) is 0.176. The predicted molar refractivity (Wildman–Crippen MR) is 94.2 cm³/mol. The molecule has 3 rings (SSSR count). The molecule has 0 aliphatic heterocycles. The van der Waals surface area contributed by atoms with Crippen LogP contribution >= 0.6 is 0 Å². The van der Waals surface area contributed by atoms with Crippen molar-refractivity contribution in [2.75, 3.05) is 7.05 Å². The Bertz CT molecular complexity index is 925. The summed E-state index contributed by atoms with van der Waals surface area (Å²) in [6.07, 6.45) is 0. The Balaban J connectivity index is 1.80. The summed E-state index contributed by atoms with van der Waals surface area (Å²) in [5, 5.41) is 3.33. The second kappa shape index (κ2) is 7.10. The molecule has 1 amide bonds. The van der Waals surface area contributed by atoms with Crippen LogP contribution in [-0.2, 0) is 13.2 Å². The SMILES string of the molecule is CN=C(N)NC(=O)c1cc2cccc(OCc3ccc(CN)o3)c2[nH]1. The molecule has 0 aliphatic rings. The summed E-state index contributed by atoms with van der Waals surface area (Å²) in [6.45, 7) is 0.601. The van der Waals surface area contributed by atoms with E-state index in [0.717, 1.165) is 5.39 Å². The molecule has 8 heteroatoms. The first-order chi connectivity index (χ1) is 12.1. The van der Waals surface area contributed by atoms with Crippen molar-refractivity contribution in [2.24, 2.45) is 16.5 Å². The highest BCUT2D eigenvalue weighted by Crippen LogP contribution is 2.26. The van der Waals surface area contributed by atoms with Crippen LogP contribution in [0.1, 0.15) is 22.0 Å². The monoisotopic (exact) mass is 341 g/mol. The molecule has 0 saturated carbocycles. The maximum Gasteiger partial charge on any atom is 0.274 e. The first kappa shape index (κ1) is 16.6. The summed E-state index contributed by atoms with van der Waals surface area (Å²) < 4.78 is 11.3. The van der Waals surface area contributed by atoms with Gasteiger partial charge in [0, 0.05) is 12.4 Å². The third kappa shape index (κ3) is 3.64. The number of aromatic nitrogens is 1. The van der Waals surface area contributed by atoms with Gasteiger partial charge in [-0.2, -0.15) is 0 Å². The Morgan fingerprint density at radius 1 is 1.32 bits per heavy atom. The number of aromatic amines is 1. The van der Waals surface area contributed by atoms with E-state index in [1.54, 1.807) is 6.07 Å². The summed E-state index contributed by atoms with van der Waals surface area (Å²) in [4.78, 5) is 18.9. The third-order valence-electron chi connectivity index (χ3n) is 3.63. The van der Waals surface area contributed by atoms with E-state index < -0.39 is 0 Å². The van der Waals surface area contributed by atoms with E-state index in [4.69, 9.17) is 20.6 Å². The lowest BCUT2D eigenvalue weighted by molar-refractivity contribution is 0.0972. The van der Waals surface area contributed by atoms with Crippen molar-refractivity contribution in [1.29, 1.82) is 0 Å². The van der Waals surface area contributed by atoms with Crippen LogP contribution in [0, 0.1) is 0 Å². The maximum atomic E-state index is 12.1. The Morgan fingerprint density at radius 2 is 2.12 bits per heavy atom. The lowest BCUT2D eigenvalue weighted by atomic mass is 10.2. The molecule has 0 bridgehead atoms. The van der Waals surface area contributed by atoms with Gasteiger partial charge in [0.2, 0.25) is 0 Å². The van der Waals surface area contributed by atoms with E-state index in [1.165, 1.54) is 7.05 Å². The Morgan fingerprint density at radius 3 is 2.84 bits per heavy atom. The number of nitrogens with one attached hydrogen (secondary N) is 2. The zero-order chi connectivity index (χ0) is 17.8. The average molecular weight is 341 g/mol. The third-order valence-corrected chi connectivity index (χ3v) is 3.63. The van der Waals surface area contributed by atoms with Crippen molar-refractivity contribution < 1.29 is 13.9 Å². The van der Waals surface area contributed by atoms with Crippen LogP contribution in [-0.4, -0.2) is 23.9 Å². The second-order valence-corrected chi connectivity index (χ2v) is 5.33. The summed E-state index contributed by atoms with van der Waals surface area (Å²) in [5.74, 6) is 1.66. The number of guanidine groups is 1. The number of benzene rings is 1. The largest absolute Gasteiger partial charge is 0.483 e. The number of amides is 1. The Hall–Kier alpha value is -3.26. The number of carbonyl (C=O) groups excluding carboxylic acids is 1. The smallest absolute Gasteiger partial charge is 0.274 e. The molecule has 0 saturated heterocycles. The van der Waals surface area contributed by atoms with E-state index in [9.17, 15) is 4.79 Å². The molecule has 0 radical (unpaired) electrons. The second-order valence-electron chi connectivity index (χ2n) is 5.33. The van der Waals surface area contributed by atoms with E-state index in [-0.39, 0.29) is 18.5 Å². The minimum Gasteiger partial charge on any atom is -0.483 e. The van der Waals surface area contributed by atoms with Gasteiger partial charge >= 0.3 is 0 Å². The highest BCUT2D eigenvalue weighted by Gasteiger charge is 2.13. The molecule has 8 nitrogen and oxygen atoms in total. The van der Waals surface area contributed by atoms with Crippen LogP contribution in [0.3, 0.4) is 0 Å². The molecule has 2 heterocycles. The molecule has 0 unspecified atom stereocenters. The van der Waals surface area contributed by atoms with Crippen LogP contribution in [0.15, 0.2) is 45.8 Å². The van der Waals surface area contributed by atoms with Gasteiger partial charge in [0.1, 0.15) is 29.6 Å². The zero-order valence-corrected chi connectivity index (χ0v) is 13.7. The topological polar surface area (TPSA) is 132 Å². The van der Waals surface area contributed by atoms with Crippen LogP contribution in [0.5, 0.6) is 5.75 Å². The predicted octanol–water partition coefficient (Wildman–Crippen LogP) is 1.47. The fourth-order valence-corrected chi connectivity index (χ4v) is 2.37. The highest BCUT2D eigenvalue weighted by molar-refractivity contribution is 6.06. The van der Waals surface area contributed by atoms with Crippen molar-refractivity contribution >= 4 is 22.8 Å². The molecule has 0 fully saturated rings. The molecule has 0 spiro atoms. The first-order valence-corrected chi connectivity index (χ1v) is 7.66. The van der Waals surface area contributed by atoms with Gasteiger partial charge in [0.25, 0.3) is 5.91 Å². The molecule has 130 valence electrons. The van der Waals surface area contributed by atoms with Crippen LogP contribution in [0.2, 0.25) is 0 Å². The van der Waals surface area contributed by atoms with E-state index in [0.29, 0.717) is 35.0 Å². The standard InChI is InChI=1S/C17H19N5O3/c1-20-17(19)22-16(23)13-7-10-3-2-4-14(15(10)21-13)24-9-12-6-5-11(8-18)25-12/h2-7,21H,8-9,18H2,1H3,(H3,19,20,22,23). The molecule has 25 heavy (non-hydrogen) atoms. The maximum absolute atomic E-state index is 12.1. The number of carbonyl (C=O) groups is 1. The zero-order valence-electron chi connectivity index (χ0n) is 13.7.